The molecular formula is C10H10Cl2N2O6S. The number of aromatic carboxylic acids is 1. The van der Waals surface area contributed by atoms with Gasteiger partial charge in [0.1, 0.15) is 5.56 Å². The van der Waals surface area contributed by atoms with Gasteiger partial charge in [0, 0.05) is 0 Å². The Hall–Kier alpha value is -1.71. The highest BCUT2D eigenvalue weighted by molar-refractivity contribution is 7.91. The Bertz CT molecular complexity index is 676. The molecule has 0 bridgehead atoms. The van der Waals surface area contributed by atoms with Crippen LogP contribution in [0.3, 0.4) is 0 Å². The minimum atomic E-state index is -4.43. The molecule has 0 aromatic heterocycles. The van der Waals surface area contributed by atoms with E-state index in [1.807, 2.05) is 4.72 Å². The van der Waals surface area contributed by atoms with Gasteiger partial charge in [0.15, 0.2) is 0 Å². The number of hydrogen-bond donors (Lipinski definition) is 3. The van der Waals surface area contributed by atoms with Gasteiger partial charge in [-0.2, -0.15) is 8.42 Å². The third-order valence-corrected chi connectivity index (χ3v) is 3.59. The van der Waals surface area contributed by atoms with Crippen molar-refractivity contribution in [1.29, 1.82) is 0 Å². The van der Waals surface area contributed by atoms with Gasteiger partial charge in [-0.05, 0) is 19.1 Å². The molecule has 0 aliphatic heterocycles. The zero-order valence-corrected chi connectivity index (χ0v) is 12.8. The lowest BCUT2D eigenvalue weighted by Gasteiger charge is -2.13. The van der Waals surface area contributed by atoms with E-state index in [1.165, 1.54) is 23.8 Å². The van der Waals surface area contributed by atoms with Crippen LogP contribution in [0.4, 0.5) is 10.5 Å². The van der Waals surface area contributed by atoms with Crippen LogP contribution in [0, 0.1) is 0 Å². The maximum Gasteiger partial charge on any atom is 0.422 e. The first kappa shape index (κ1) is 17.3. The Labute approximate surface area is 130 Å². The average Bonchev–Trinajstić information content (AvgIpc) is 2.32. The topological polar surface area (TPSA) is 122 Å². The standard InChI is InChI=1S/C10H10Cl2N2O6S/c1-2-20-10(17)14-21(18,19)13-8-6(12)4-3-5(11)7(8)9(15)16/h3-4,13H,2H2,1H3,(H,14,17)(H,15,16). The van der Waals surface area contributed by atoms with Crippen molar-refractivity contribution >= 4 is 51.2 Å². The fraction of sp³-hybridized carbons (Fsp3) is 0.200. The molecule has 3 N–H and O–H groups in total. The van der Waals surface area contributed by atoms with Crippen molar-refractivity contribution in [1.82, 2.24) is 4.72 Å². The van der Waals surface area contributed by atoms with Crippen molar-refractivity contribution in [2.75, 3.05) is 11.3 Å². The molecule has 0 spiro atoms. The van der Waals surface area contributed by atoms with Crippen LogP contribution in [0.5, 0.6) is 0 Å². The molecule has 11 heteroatoms. The van der Waals surface area contributed by atoms with Crippen LogP contribution in [0.15, 0.2) is 12.1 Å². The number of halogens is 2. The number of nitrogens with one attached hydrogen (secondary N) is 2. The van der Waals surface area contributed by atoms with Crippen molar-refractivity contribution in [3.63, 3.8) is 0 Å². The van der Waals surface area contributed by atoms with Crippen LogP contribution in [-0.2, 0) is 14.9 Å². The van der Waals surface area contributed by atoms with Crippen LogP contribution >= 0.6 is 23.2 Å². The number of ether oxygens (including phenoxy) is 1. The van der Waals surface area contributed by atoms with Gasteiger partial charge in [0.25, 0.3) is 0 Å². The molecule has 0 fully saturated rings. The van der Waals surface area contributed by atoms with Crippen molar-refractivity contribution in [3.05, 3.63) is 27.7 Å². The highest BCUT2D eigenvalue weighted by Crippen LogP contribution is 2.32. The van der Waals surface area contributed by atoms with Gasteiger partial charge in [-0.3, -0.25) is 4.72 Å². The van der Waals surface area contributed by atoms with Gasteiger partial charge < -0.3 is 9.84 Å². The van der Waals surface area contributed by atoms with E-state index in [0.29, 0.717) is 0 Å². The van der Waals surface area contributed by atoms with E-state index in [4.69, 9.17) is 28.3 Å². The number of benzene rings is 1. The molecule has 21 heavy (non-hydrogen) atoms. The molecular weight excluding hydrogens is 347 g/mol. The lowest BCUT2D eigenvalue weighted by atomic mass is 10.2. The second kappa shape index (κ2) is 6.83. The summed E-state index contributed by atoms with van der Waals surface area (Å²) in [6, 6.07) is 2.41. The molecule has 1 aromatic carbocycles. The highest BCUT2D eigenvalue weighted by Gasteiger charge is 2.23. The molecule has 0 atom stereocenters. The summed E-state index contributed by atoms with van der Waals surface area (Å²) < 4.78 is 31.2. The summed E-state index contributed by atoms with van der Waals surface area (Å²) in [7, 11) is -4.43. The van der Waals surface area contributed by atoms with Crippen molar-refractivity contribution in [2.45, 2.75) is 6.92 Å². The van der Waals surface area contributed by atoms with Gasteiger partial charge in [-0.25, -0.2) is 14.3 Å². The summed E-state index contributed by atoms with van der Waals surface area (Å²) in [5, 5.41) is 8.62. The van der Waals surface area contributed by atoms with Crippen LogP contribution in [-0.4, -0.2) is 32.2 Å². The molecule has 1 aromatic rings. The fourth-order valence-electron chi connectivity index (χ4n) is 1.29. The molecule has 0 aliphatic carbocycles. The van der Waals surface area contributed by atoms with E-state index in [0.717, 1.165) is 0 Å². The van der Waals surface area contributed by atoms with E-state index in [-0.39, 0.29) is 16.7 Å². The molecule has 8 nitrogen and oxygen atoms in total. The number of carbonyl (C=O) groups excluding carboxylic acids is 1. The van der Waals surface area contributed by atoms with Crippen LogP contribution in [0.2, 0.25) is 10.0 Å². The average molecular weight is 357 g/mol. The minimum absolute atomic E-state index is 0.0420. The van der Waals surface area contributed by atoms with Crippen molar-refractivity contribution in [2.24, 2.45) is 0 Å². The molecule has 116 valence electrons. The first-order valence-electron chi connectivity index (χ1n) is 5.36. The quantitative estimate of drug-likeness (QED) is 0.742. The van der Waals surface area contributed by atoms with Gasteiger partial charge >= 0.3 is 22.3 Å². The molecule has 0 saturated heterocycles. The second-order valence-corrected chi connectivity index (χ2v) is 5.74. The van der Waals surface area contributed by atoms with Gasteiger partial charge in [0.05, 0.1) is 22.3 Å². The summed E-state index contributed by atoms with van der Waals surface area (Å²) in [5.74, 6) is -1.49. The lowest BCUT2D eigenvalue weighted by molar-refractivity contribution is 0.0698. The molecule has 0 saturated carbocycles. The number of carboxylic acids is 1. The monoisotopic (exact) mass is 356 g/mol. The Morgan fingerprint density at radius 2 is 1.86 bits per heavy atom. The molecule has 1 rings (SSSR count). The van der Waals surface area contributed by atoms with E-state index in [9.17, 15) is 18.0 Å². The fourth-order valence-corrected chi connectivity index (χ4v) is 2.60. The molecule has 1 amide bonds. The Kier molecular flexibility index (Phi) is 5.64. The third-order valence-electron chi connectivity index (χ3n) is 2.05. The molecule has 0 aliphatic rings. The zero-order chi connectivity index (χ0) is 16.2. The summed E-state index contributed by atoms with van der Waals surface area (Å²) in [5.41, 5.74) is -1.01. The highest BCUT2D eigenvalue weighted by atomic mass is 35.5. The first-order chi connectivity index (χ1) is 9.68. The maximum atomic E-state index is 11.7. The van der Waals surface area contributed by atoms with Crippen LogP contribution in [0.25, 0.3) is 0 Å². The Morgan fingerprint density at radius 3 is 2.38 bits per heavy atom. The van der Waals surface area contributed by atoms with E-state index < -0.39 is 33.5 Å². The lowest BCUT2D eigenvalue weighted by Crippen LogP contribution is -2.36. The van der Waals surface area contributed by atoms with Crippen LogP contribution < -0.4 is 9.44 Å². The zero-order valence-electron chi connectivity index (χ0n) is 10.5. The summed E-state index contributed by atoms with van der Waals surface area (Å²) >= 11 is 11.5. The van der Waals surface area contributed by atoms with Gasteiger partial charge in [-0.15, -0.1) is 0 Å². The Morgan fingerprint density at radius 1 is 1.29 bits per heavy atom. The molecule has 0 unspecified atom stereocenters. The second-order valence-electron chi connectivity index (χ2n) is 3.51. The largest absolute Gasteiger partial charge is 0.478 e. The SMILES string of the molecule is CCOC(=O)NS(=O)(=O)Nc1c(Cl)ccc(Cl)c1C(=O)O. The van der Waals surface area contributed by atoms with Gasteiger partial charge in [0.2, 0.25) is 0 Å². The van der Waals surface area contributed by atoms with E-state index >= 15 is 0 Å². The molecule has 0 heterocycles. The minimum Gasteiger partial charge on any atom is -0.478 e. The number of amides is 1. The summed E-state index contributed by atoms with van der Waals surface area (Å²) in [6.45, 7) is 1.44. The maximum absolute atomic E-state index is 11.7. The number of anilines is 1. The smallest absolute Gasteiger partial charge is 0.422 e. The predicted molar refractivity (Wildman–Crippen MR) is 76.1 cm³/mol. The first-order valence-corrected chi connectivity index (χ1v) is 7.60. The molecule has 0 radical (unpaired) electrons. The van der Waals surface area contributed by atoms with Gasteiger partial charge in [-0.1, -0.05) is 23.2 Å². The predicted octanol–water partition coefficient (Wildman–Crippen LogP) is 2.09. The third kappa shape index (κ3) is 4.66. The number of carbonyl (C=O) groups is 2. The van der Waals surface area contributed by atoms with E-state index in [1.54, 1.807) is 0 Å². The summed E-state index contributed by atoms with van der Waals surface area (Å²) in [4.78, 5) is 22.2. The Balaban J connectivity index is 3.16. The number of hydrogen-bond acceptors (Lipinski definition) is 5. The van der Waals surface area contributed by atoms with Crippen molar-refractivity contribution < 1.29 is 27.9 Å². The van der Waals surface area contributed by atoms with Crippen molar-refractivity contribution in [3.8, 4) is 0 Å². The number of rotatable bonds is 5. The summed E-state index contributed by atoms with van der Waals surface area (Å²) in [6.07, 6.45) is -1.22. The normalized spacial score (nSPS) is 10.8. The van der Waals surface area contributed by atoms with Crippen LogP contribution in [0.1, 0.15) is 17.3 Å². The number of carboxylic acid groups (broad SMARTS) is 1. The van der Waals surface area contributed by atoms with E-state index in [2.05, 4.69) is 4.74 Å².